The van der Waals surface area contributed by atoms with Crippen LogP contribution in [0.3, 0.4) is 0 Å². The van der Waals surface area contributed by atoms with Crippen molar-refractivity contribution in [1.82, 2.24) is 0 Å². The molecule has 1 atom stereocenters. The summed E-state index contributed by atoms with van der Waals surface area (Å²) >= 11 is 0. The largest absolute Gasteiger partial charge is 0.493 e. The van der Waals surface area contributed by atoms with E-state index in [1.165, 1.54) is 0 Å². The zero-order valence-corrected chi connectivity index (χ0v) is 12.4. The van der Waals surface area contributed by atoms with Crippen LogP contribution in [0.1, 0.15) is 34.1 Å². The van der Waals surface area contributed by atoms with Crippen molar-refractivity contribution in [1.29, 1.82) is 0 Å². The Morgan fingerprint density at radius 1 is 0.864 bits per heavy atom. The van der Waals surface area contributed by atoms with Crippen molar-refractivity contribution in [3.63, 3.8) is 0 Å². The van der Waals surface area contributed by atoms with Crippen molar-refractivity contribution in [2.75, 3.05) is 6.61 Å². The van der Waals surface area contributed by atoms with E-state index in [2.05, 4.69) is 0 Å². The average Bonchev–Trinajstić information content (AvgIpc) is 2.56. The Kier molecular flexibility index (Phi) is 5.72. The summed E-state index contributed by atoms with van der Waals surface area (Å²) in [6.45, 7) is 2.49. The van der Waals surface area contributed by atoms with Crippen LogP contribution in [-0.4, -0.2) is 25.3 Å². The van der Waals surface area contributed by atoms with Crippen LogP contribution in [-0.2, 0) is 0 Å². The van der Waals surface area contributed by atoms with E-state index in [9.17, 15) is 9.59 Å². The Morgan fingerprint density at radius 2 is 1.36 bits per heavy atom. The minimum Gasteiger partial charge on any atom is -0.493 e. The molecule has 0 N–H and O–H groups in total. The number of ether oxygens (including phenoxy) is 2. The molecule has 0 saturated carbocycles. The fourth-order valence-electron chi connectivity index (χ4n) is 1.90. The lowest BCUT2D eigenvalue weighted by atomic mass is 10.2. The van der Waals surface area contributed by atoms with Crippen LogP contribution < -0.4 is 9.47 Å². The van der Waals surface area contributed by atoms with Gasteiger partial charge in [-0.2, -0.15) is 0 Å². The molecule has 22 heavy (non-hydrogen) atoms. The number of hydrogen-bond donors (Lipinski definition) is 0. The summed E-state index contributed by atoms with van der Waals surface area (Å²) in [7, 11) is 0. The first-order valence-electron chi connectivity index (χ1n) is 7.11. The number of carbonyl (C=O) groups is 2. The molecule has 114 valence electrons. The standard InChI is InChI=1S/C18H18O4/c1-14(22-18-8-4-16(13-20)5-9-18)10-11-21-17-6-2-15(12-19)3-7-17/h2-9,12-14H,10-11H2,1H3. The normalized spacial score (nSPS) is 11.5. The van der Waals surface area contributed by atoms with Crippen molar-refractivity contribution in [3.05, 3.63) is 59.7 Å². The van der Waals surface area contributed by atoms with Gasteiger partial charge in [0.05, 0.1) is 12.7 Å². The van der Waals surface area contributed by atoms with E-state index in [-0.39, 0.29) is 6.10 Å². The van der Waals surface area contributed by atoms with Crippen LogP contribution in [0.4, 0.5) is 0 Å². The lowest BCUT2D eigenvalue weighted by molar-refractivity contribution is 0.111. The van der Waals surface area contributed by atoms with Gasteiger partial charge in [0.25, 0.3) is 0 Å². The van der Waals surface area contributed by atoms with Gasteiger partial charge in [0.1, 0.15) is 24.1 Å². The van der Waals surface area contributed by atoms with E-state index in [0.29, 0.717) is 17.7 Å². The van der Waals surface area contributed by atoms with Crippen LogP contribution >= 0.6 is 0 Å². The van der Waals surface area contributed by atoms with Crippen molar-refractivity contribution in [3.8, 4) is 11.5 Å². The van der Waals surface area contributed by atoms with Gasteiger partial charge >= 0.3 is 0 Å². The summed E-state index contributed by atoms with van der Waals surface area (Å²) in [5.41, 5.74) is 1.25. The minimum atomic E-state index is -0.00340. The van der Waals surface area contributed by atoms with Gasteiger partial charge in [0.15, 0.2) is 0 Å². The van der Waals surface area contributed by atoms with E-state index in [1.54, 1.807) is 48.5 Å². The molecule has 0 aliphatic carbocycles. The highest BCUT2D eigenvalue weighted by molar-refractivity contribution is 5.75. The summed E-state index contributed by atoms with van der Waals surface area (Å²) in [6, 6.07) is 14.0. The van der Waals surface area contributed by atoms with Crippen LogP contribution in [0.2, 0.25) is 0 Å². The van der Waals surface area contributed by atoms with Gasteiger partial charge in [-0.05, 0) is 55.5 Å². The summed E-state index contributed by atoms with van der Waals surface area (Å²) in [5.74, 6) is 1.46. The third kappa shape index (κ3) is 4.74. The molecular weight excluding hydrogens is 280 g/mol. The molecule has 0 heterocycles. The highest BCUT2D eigenvalue weighted by Crippen LogP contribution is 2.15. The van der Waals surface area contributed by atoms with E-state index < -0.39 is 0 Å². The number of benzene rings is 2. The molecule has 0 fully saturated rings. The zero-order chi connectivity index (χ0) is 15.8. The lowest BCUT2D eigenvalue weighted by Gasteiger charge is -2.15. The first-order valence-corrected chi connectivity index (χ1v) is 7.11. The average molecular weight is 298 g/mol. The Balaban J connectivity index is 1.75. The molecule has 1 unspecified atom stereocenters. The first-order chi connectivity index (χ1) is 10.7. The summed E-state index contributed by atoms with van der Waals surface area (Å²) in [6.07, 6.45) is 2.33. The molecule has 4 nitrogen and oxygen atoms in total. The fraction of sp³-hybridized carbons (Fsp3) is 0.222. The molecule has 2 aromatic rings. The molecule has 0 radical (unpaired) electrons. The van der Waals surface area contributed by atoms with Gasteiger partial charge in [-0.15, -0.1) is 0 Å². The first kappa shape index (κ1) is 15.8. The topological polar surface area (TPSA) is 52.6 Å². The zero-order valence-electron chi connectivity index (χ0n) is 12.4. The van der Waals surface area contributed by atoms with Crippen molar-refractivity contribution < 1.29 is 19.1 Å². The van der Waals surface area contributed by atoms with E-state index in [1.807, 2.05) is 6.92 Å². The van der Waals surface area contributed by atoms with Crippen LogP contribution in [0, 0.1) is 0 Å². The number of hydrogen-bond acceptors (Lipinski definition) is 4. The molecule has 4 heteroatoms. The number of aldehydes is 2. The quantitative estimate of drug-likeness (QED) is 0.699. The molecule has 0 aliphatic rings. The second-order valence-electron chi connectivity index (χ2n) is 4.94. The predicted octanol–water partition coefficient (Wildman–Crippen LogP) is 3.55. The van der Waals surface area contributed by atoms with Crippen molar-refractivity contribution in [2.24, 2.45) is 0 Å². The monoisotopic (exact) mass is 298 g/mol. The number of rotatable bonds is 8. The van der Waals surface area contributed by atoms with Crippen molar-refractivity contribution in [2.45, 2.75) is 19.4 Å². The molecule has 2 aromatic carbocycles. The van der Waals surface area contributed by atoms with Gasteiger partial charge in [0.2, 0.25) is 0 Å². The molecule has 2 rings (SSSR count). The van der Waals surface area contributed by atoms with E-state index in [0.717, 1.165) is 30.5 Å². The second kappa shape index (κ2) is 7.98. The molecule has 0 amide bonds. The maximum Gasteiger partial charge on any atom is 0.150 e. The summed E-state index contributed by atoms with van der Waals surface area (Å²) in [5, 5.41) is 0. The fourth-order valence-corrected chi connectivity index (χ4v) is 1.90. The Bertz CT molecular complexity index is 602. The lowest BCUT2D eigenvalue weighted by Crippen LogP contribution is -2.15. The summed E-state index contributed by atoms with van der Waals surface area (Å²) < 4.78 is 11.4. The third-order valence-corrected chi connectivity index (χ3v) is 3.16. The van der Waals surface area contributed by atoms with Crippen LogP contribution in [0.5, 0.6) is 11.5 Å². The molecule has 0 aromatic heterocycles. The SMILES string of the molecule is CC(CCOc1ccc(C=O)cc1)Oc1ccc(C=O)cc1. The molecule has 0 saturated heterocycles. The van der Waals surface area contributed by atoms with E-state index >= 15 is 0 Å². The summed E-state index contributed by atoms with van der Waals surface area (Å²) in [4.78, 5) is 21.1. The highest BCUT2D eigenvalue weighted by atomic mass is 16.5. The molecule has 0 aliphatic heterocycles. The Hall–Kier alpha value is -2.62. The van der Waals surface area contributed by atoms with Crippen molar-refractivity contribution >= 4 is 12.6 Å². The predicted molar refractivity (Wildman–Crippen MR) is 83.9 cm³/mol. The smallest absolute Gasteiger partial charge is 0.150 e. The third-order valence-electron chi connectivity index (χ3n) is 3.16. The van der Waals surface area contributed by atoms with Gasteiger partial charge in [-0.3, -0.25) is 9.59 Å². The molecular formula is C18H18O4. The van der Waals surface area contributed by atoms with Gasteiger partial charge in [-0.25, -0.2) is 0 Å². The highest BCUT2D eigenvalue weighted by Gasteiger charge is 2.05. The molecule has 0 spiro atoms. The van der Waals surface area contributed by atoms with Crippen LogP contribution in [0.15, 0.2) is 48.5 Å². The Labute approximate surface area is 129 Å². The maximum absolute atomic E-state index is 10.6. The molecule has 0 bridgehead atoms. The van der Waals surface area contributed by atoms with Gasteiger partial charge in [0, 0.05) is 17.5 Å². The Morgan fingerprint density at radius 3 is 1.86 bits per heavy atom. The minimum absolute atomic E-state index is 0.00340. The van der Waals surface area contributed by atoms with Gasteiger partial charge in [-0.1, -0.05) is 0 Å². The van der Waals surface area contributed by atoms with E-state index in [4.69, 9.17) is 9.47 Å². The van der Waals surface area contributed by atoms with Gasteiger partial charge < -0.3 is 9.47 Å². The maximum atomic E-state index is 10.6. The number of carbonyl (C=O) groups excluding carboxylic acids is 2. The van der Waals surface area contributed by atoms with Crippen LogP contribution in [0.25, 0.3) is 0 Å². The second-order valence-corrected chi connectivity index (χ2v) is 4.94.